The molecule has 0 spiro atoms. The molecule has 0 aliphatic heterocycles. The quantitative estimate of drug-likeness (QED) is 0.498. The number of hydrogen-bond acceptors (Lipinski definition) is 4. The van der Waals surface area contributed by atoms with Gasteiger partial charge in [0.25, 0.3) is 0 Å². The number of benzene rings is 2. The summed E-state index contributed by atoms with van der Waals surface area (Å²) >= 11 is 3.42. The van der Waals surface area contributed by atoms with Crippen molar-refractivity contribution in [1.82, 2.24) is 10.2 Å². The molecule has 1 atom stereocenters. The van der Waals surface area contributed by atoms with Crippen LogP contribution in [0.1, 0.15) is 44.7 Å². The maximum Gasteiger partial charge on any atom is 0.244 e. The minimum atomic E-state index is -3.74. The number of carbonyl (C=O) groups excluding carboxylic acids is 2. The third-order valence-corrected chi connectivity index (χ3v) is 6.92. The molecule has 0 radical (unpaired) electrons. The predicted octanol–water partition coefficient (Wildman–Crippen LogP) is 3.89. The summed E-state index contributed by atoms with van der Waals surface area (Å²) in [7, 11) is -3.74. The van der Waals surface area contributed by atoms with Crippen molar-refractivity contribution >= 4 is 43.5 Å². The third-order valence-electron chi connectivity index (χ3n) is 5.29. The van der Waals surface area contributed by atoms with E-state index in [1.54, 1.807) is 26.0 Å². The highest BCUT2D eigenvalue weighted by Crippen LogP contribution is 2.23. The highest BCUT2D eigenvalue weighted by atomic mass is 79.9. The van der Waals surface area contributed by atoms with Gasteiger partial charge >= 0.3 is 0 Å². The molecule has 2 aromatic carbocycles. The van der Waals surface area contributed by atoms with Gasteiger partial charge in [0.05, 0.1) is 11.9 Å². The van der Waals surface area contributed by atoms with Gasteiger partial charge < -0.3 is 10.2 Å². The molecule has 2 rings (SSSR count). The minimum absolute atomic E-state index is 0.167. The number of nitrogens with zero attached hydrogens (tertiary/aromatic N) is 2. The second kappa shape index (κ2) is 11.7. The molecule has 33 heavy (non-hydrogen) atoms. The number of anilines is 1. The summed E-state index contributed by atoms with van der Waals surface area (Å²) in [6.45, 7) is 7.74. The second-order valence-corrected chi connectivity index (χ2v) is 11.1. The van der Waals surface area contributed by atoms with Crippen molar-refractivity contribution in [2.75, 3.05) is 23.7 Å². The van der Waals surface area contributed by atoms with Crippen LogP contribution in [0.5, 0.6) is 0 Å². The number of likely N-dealkylation sites (N-methyl/N-ethyl adjacent to an activating group) is 1. The molecule has 0 saturated carbocycles. The van der Waals surface area contributed by atoms with Crippen LogP contribution < -0.4 is 9.62 Å². The Morgan fingerprint density at radius 1 is 1.06 bits per heavy atom. The van der Waals surface area contributed by atoms with Crippen LogP contribution in [0, 0.1) is 0 Å². The molecule has 0 saturated heterocycles. The summed E-state index contributed by atoms with van der Waals surface area (Å²) in [4.78, 5) is 27.4. The van der Waals surface area contributed by atoms with Crippen LogP contribution in [0.4, 0.5) is 5.69 Å². The van der Waals surface area contributed by atoms with Gasteiger partial charge in [-0.15, -0.1) is 0 Å². The number of halogens is 1. The van der Waals surface area contributed by atoms with E-state index in [0.717, 1.165) is 26.2 Å². The normalized spacial score (nSPS) is 12.3. The number of amides is 2. The van der Waals surface area contributed by atoms with E-state index in [4.69, 9.17) is 0 Å². The predicted molar refractivity (Wildman–Crippen MR) is 136 cm³/mol. The summed E-state index contributed by atoms with van der Waals surface area (Å²) in [5, 5.41) is 2.74. The molecule has 0 aliphatic carbocycles. The zero-order chi connectivity index (χ0) is 24.8. The largest absolute Gasteiger partial charge is 0.355 e. The Labute approximate surface area is 205 Å². The molecule has 0 fully saturated rings. The van der Waals surface area contributed by atoms with Crippen molar-refractivity contribution in [1.29, 1.82) is 0 Å². The van der Waals surface area contributed by atoms with Crippen molar-refractivity contribution in [3.63, 3.8) is 0 Å². The topological polar surface area (TPSA) is 86.8 Å². The van der Waals surface area contributed by atoms with Gasteiger partial charge in [-0.2, -0.15) is 0 Å². The monoisotopic (exact) mass is 537 g/mol. The number of sulfonamides is 1. The lowest BCUT2D eigenvalue weighted by atomic mass is 10.0. The Balaban J connectivity index is 2.37. The Morgan fingerprint density at radius 2 is 1.70 bits per heavy atom. The zero-order valence-corrected chi connectivity index (χ0v) is 22.1. The first-order valence-electron chi connectivity index (χ1n) is 10.8. The fourth-order valence-corrected chi connectivity index (χ4v) is 4.67. The van der Waals surface area contributed by atoms with Gasteiger partial charge in [-0.3, -0.25) is 13.9 Å². The first-order valence-corrected chi connectivity index (χ1v) is 13.5. The van der Waals surface area contributed by atoms with E-state index in [0.29, 0.717) is 18.2 Å². The van der Waals surface area contributed by atoms with Gasteiger partial charge in [0, 0.05) is 17.6 Å². The van der Waals surface area contributed by atoms with Crippen molar-refractivity contribution in [2.24, 2.45) is 0 Å². The molecule has 0 bridgehead atoms. The fraction of sp³-hybridized carbons (Fsp3) is 0.417. The van der Waals surface area contributed by atoms with E-state index < -0.39 is 28.5 Å². The van der Waals surface area contributed by atoms with Crippen LogP contribution in [-0.2, 0) is 26.2 Å². The molecule has 2 amide bonds. The van der Waals surface area contributed by atoms with Crippen molar-refractivity contribution in [3.05, 3.63) is 64.1 Å². The van der Waals surface area contributed by atoms with Gasteiger partial charge in [0.2, 0.25) is 21.8 Å². The van der Waals surface area contributed by atoms with Crippen LogP contribution in [-0.4, -0.2) is 50.5 Å². The summed E-state index contributed by atoms with van der Waals surface area (Å²) in [5.74, 6) is -0.467. The molecule has 0 aromatic heterocycles. The summed E-state index contributed by atoms with van der Waals surface area (Å²) < 4.78 is 27.1. The Bertz CT molecular complexity index is 1070. The summed E-state index contributed by atoms with van der Waals surface area (Å²) in [6, 6.07) is 13.8. The van der Waals surface area contributed by atoms with E-state index in [-0.39, 0.29) is 12.5 Å². The zero-order valence-electron chi connectivity index (χ0n) is 19.7. The van der Waals surface area contributed by atoms with Gasteiger partial charge in [-0.25, -0.2) is 8.42 Å². The fourth-order valence-electron chi connectivity index (χ4n) is 3.38. The summed E-state index contributed by atoms with van der Waals surface area (Å²) in [5.41, 5.74) is 2.30. The smallest absolute Gasteiger partial charge is 0.244 e. The van der Waals surface area contributed by atoms with E-state index >= 15 is 0 Å². The SMILES string of the molecule is CCNC(=O)[C@H](C)N(Cc1cccc(Br)c1)C(=O)CN(c1ccc(C(C)C)cc1)S(C)(=O)=O. The van der Waals surface area contributed by atoms with Gasteiger partial charge in [-0.1, -0.05) is 54.0 Å². The Kier molecular flexibility index (Phi) is 9.48. The molecule has 1 N–H and O–H groups in total. The Morgan fingerprint density at radius 3 is 2.21 bits per heavy atom. The van der Waals surface area contributed by atoms with E-state index in [2.05, 4.69) is 35.1 Å². The van der Waals surface area contributed by atoms with E-state index in [9.17, 15) is 18.0 Å². The van der Waals surface area contributed by atoms with E-state index in [1.165, 1.54) is 4.90 Å². The van der Waals surface area contributed by atoms with E-state index in [1.807, 2.05) is 36.4 Å². The van der Waals surface area contributed by atoms with Gasteiger partial charge in [-0.05, 0) is 55.2 Å². The lowest BCUT2D eigenvalue weighted by Crippen LogP contribution is -2.51. The maximum absolute atomic E-state index is 13.4. The Hall–Kier alpha value is -2.39. The number of rotatable bonds is 10. The van der Waals surface area contributed by atoms with Crippen LogP contribution >= 0.6 is 15.9 Å². The minimum Gasteiger partial charge on any atom is -0.355 e. The maximum atomic E-state index is 13.4. The van der Waals surface area contributed by atoms with Crippen LogP contribution in [0.3, 0.4) is 0 Å². The molecule has 0 unspecified atom stereocenters. The molecule has 2 aromatic rings. The number of nitrogens with one attached hydrogen (secondary N) is 1. The standard InChI is InChI=1S/C24H32BrN3O4S/c1-6-26-24(30)18(4)27(15-19-8-7-9-21(25)14-19)23(29)16-28(33(5,31)32)22-12-10-20(11-13-22)17(2)3/h7-14,17-18H,6,15-16H2,1-5H3,(H,26,30)/t18-/m0/s1. The first-order chi connectivity index (χ1) is 15.4. The highest BCUT2D eigenvalue weighted by Gasteiger charge is 2.30. The van der Waals surface area contributed by atoms with Gasteiger partial charge in [0.1, 0.15) is 12.6 Å². The van der Waals surface area contributed by atoms with Gasteiger partial charge in [0.15, 0.2) is 0 Å². The van der Waals surface area contributed by atoms with Crippen LogP contribution in [0.15, 0.2) is 53.0 Å². The molecule has 180 valence electrons. The third kappa shape index (κ3) is 7.57. The molecule has 9 heteroatoms. The van der Waals surface area contributed by atoms with Crippen molar-refractivity contribution in [3.8, 4) is 0 Å². The number of hydrogen-bond donors (Lipinski definition) is 1. The highest BCUT2D eigenvalue weighted by molar-refractivity contribution is 9.10. The second-order valence-electron chi connectivity index (χ2n) is 8.24. The molecular weight excluding hydrogens is 506 g/mol. The number of carbonyl (C=O) groups is 2. The van der Waals surface area contributed by atoms with Crippen LogP contribution in [0.2, 0.25) is 0 Å². The summed E-state index contributed by atoms with van der Waals surface area (Å²) in [6.07, 6.45) is 1.07. The van der Waals surface area contributed by atoms with Crippen LogP contribution in [0.25, 0.3) is 0 Å². The lowest BCUT2D eigenvalue weighted by molar-refractivity contribution is -0.139. The molecule has 0 heterocycles. The molecular formula is C24H32BrN3O4S. The van der Waals surface area contributed by atoms with Crippen molar-refractivity contribution < 1.29 is 18.0 Å². The average Bonchev–Trinajstić information content (AvgIpc) is 2.74. The average molecular weight is 539 g/mol. The van der Waals surface area contributed by atoms with Crippen molar-refractivity contribution in [2.45, 2.75) is 46.2 Å². The first kappa shape index (κ1) is 26.9. The lowest BCUT2D eigenvalue weighted by Gasteiger charge is -2.31. The molecule has 7 nitrogen and oxygen atoms in total. The molecule has 0 aliphatic rings.